The summed E-state index contributed by atoms with van der Waals surface area (Å²) in [6, 6.07) is 0. The Hall–Kier alpha value is 1.25. The van der Waals surface area contributed by atoms with Gasteiger partial charge in [-0.3, -0.25) is 0 Å². The van der Waals surface area contributed by atoms with Gasteiger partial charge in [0, 0.05) is 0 Å². The van der Waals surface area contributed by atoms with Crippen LogP contribution in [0.25, 0.3) is 0 Å². The van der Waals surface area contributed by atoms with Crippen molar-refractivity contribution in [2.75, 3.05) is 0 Å². The Morgan fingerprint density at radius 3 is 2.00 bits per heavy atom. The second-order valence-corrected chi connectivity index (χ2v) is 0. The van der Waals surface area contributed by atoms with Crippen molar-refractivity contribution in [1.82, 2.24) is 0 Å². The summed E-state index contributed by atoms with van der Waals surface area (Å²) in [5.74, 6) is 0. The second-order valence-electron chi connectivity index (χ2n) is 0. The molecule has 0 aromatic rings. The van der Waals surface area contributed by atoms with E-state index in [1.807, 2.05) is 0 Å². The normalized spacial score (nSPS) is 9.50. The minimum absolute atomic E-state index is 0. The Balaban J connectivity index is -0.0000000450. The van der Waals surface area contributed by atoms with Crippen LogP contribution < -0.4 is 17.0 Å². The van der Waals surface area contributed by atoms with Crippen LogP contribution in [0.15, 0.2) is 0 Å². The van der Waals surface area contributed by atoms with E-state index in [0.29, 0.717) is 0 Å². The Kier molecular flexibility index (Phi) is 37.8. The van der Waals surface area contributed by atoms with Crippen molar-refractivity contribution < 1.29 is 19.7 Å². The van der Waals surface area contributed by atoms with Crippen molar-refractivity contribution in [1.29, 1.82) is 0 Å². The van der Waals surface area contributed by atoms with Crippen molar-refractivity contribution in [3.05, 3.63) is 6.88 Å². The zero-order valence-electron chi connectivity index (χ0n) is 4.59. The molecule has 0 aliphatic rings. The summed E-state index contributed by atoms with van der Waals surface area (Å²) in [6.07, 6.45) is 0. The van der Waals surface area contributed by atoms with Crippen LogP contribution >= 0.6 is 0 Å². The Labute approximate surface area is 56.7 Å². The molecule has 22 valence electrons. The summed E-state index contributed by atoms with van der Waals surface area (Å²) in [6.45, 7) is 1.33. The smallest absolute Gasteiger partial charge is 1.00 e. The summed E-state index contributed by atoms with van der Waals surface area (Å²) < 4.78 is 12.3. The average molecular weight is 135 g/mol. The molecule has 0 N–H and O–H groups in total. The SMILES string of the molecule is [2H][C-]([2H])C.[Br-].[Mg+2]. The first kappa shape index (κ1) is 5.25. The van der Waals surface area contributed by atoms with Crippen LogP contribution in [0, 0.1) is 6.88 Å². The van der Waals surface area contributed by atoms with Gasteiger partial charge >= 0.3 is 23.1 Å². The molecular weight excluding hydrogens is 128 g/mol. The van der Waals surface area contributed by atoms with Crippen molar-refractivity contribution in [2.45, 2.75) is 6.92 Å². The van der Waals surface area contributed by atoms with Gasteiger partial charge in [0.15, 0.2) is 0 Å². The van der Waals surface area contributed by atoms with Gasteiger partial charge in [0.25, 0.3) is 0 Å². The van der Waals surface area contributed by atoms with E-state index in [1.54, 1.807) is 0 Å². The molecule has 0 nitrogen and oxygen atoms in total. The zero-order valence-corrected chi connectivity index (χ0v) is 5.59. The molecular formula is C2H5BrMg. The molecule has 0 atom stereocenters. The van der Waals surface area contributed by atoms with Gasteiger partial charge < -0.3 is 23.9 Å². The van der Waals surface area contributed by atoms with Crippen molar-refractivity contribution in [3.63, 3.8) is 0 Å². The van der Waals surface area contributed by atoms with Crippen LogP contribution in [-0.2, 0) is 0 Å². The van der Waals surface area contributed by atoms with E-state index in [4.69, 9.17) is 2.74 Å². The first-order valence-electron chi connectivity index (χ1n) is 1.50. The molecule has 0 aliphatic carbocycles. The average Bonchev–Trinajstić information content (AvgIpc) is 0.811. The van der Waals surface area contributed by atoms with E-state index in [0.717, 1.165) is 0 Å². The van der Waals surface area contributed by atoms with E-state index in [9.17, 15) is 0 Å². The van der Waals surface area contributed by atoms with Gasteiger partial charge in [-0.15, -0.1) is 0 Å². The Morgan fingerprint density at radius 1 is 2.00 bits per heavy atom. The maximum absolute atomic E-state index is 6.17. The van der Waals surface area contributed by atoms with Gasteiger partial charge in [-0.05, 0) is 0 Å². The topological polar surface area (TPSA) is 0 Å². The maximum atomic E-state index is 6.17. The van der Waals surface area contributed by atoms with Gasteiger partial charge in [0.2, 0.25) is 0 Å². The molecule has 0 unspecified atom stereocenters. The quantitative estimate of drug-likeness (QED) is 0.254. The van der Waals surface area contributed by atoms with Crippen LogP contribution in [0.2, 0.25) is 0 Å². The van der Waals surface area contributed by atoms with Crippen LogP contribution in [0.5, 0.6) is 0 Å². The molecule has 0 amide bonds. The molecule has 0 saturated heterocycles. The van der Waals surface area contributed by atoms with Crippen molar-refractivity contribution in [2.24, 2.45) is 0 Å². The number of rotatable bonds is 0. The third kappa shape index (κ3) is 10.5. The van der Waals surface area contributed by atoms with Crippen LogP contribution in [0.3, 0.4) is 0 Å². The molecule has 0 spiro atoms. The van der Waals surface area contributed by atoms with Gasteiger partial charge in [-0.2, -0.15) is 6.92 Å². The monoisotopic (exact) mass is 134 g/mol. The van der Waals surface area contributed by atoms with E-state index in [1.165, 1.54) is 6.92 Å². The largest absolute Gasteiger partial charge is 2.00 e. The third-order valence-electron chi connectivity index (χ3n) is 0. The minimum atomic E-state index is -0.0833. The number of hydrogen-bond donors (Lipinski definition) is 0. The molecule has 0 aromatic carbocycles. The molecule has 0 fully saturated rings. The summed E-state index contributed by atoms with van der Waals surface area (Å²) in [5.41, 5.74) is 0. The van der Waals surface area contributed by atoms with Crippen molar-refractivity contribution >= 4 is 23.1 Å². The fraction of sp³-hybridized carbons (Fsp3) is 0.500. The standard InChI is InChI=1S/C2H5.BrH.Mg/c1-2;;/h1H2,2H3;1H;/q-1;;+2/p-1/i1D2;;. The van der Waals surface area contributed by atoms with Gasteiger partial charge in [-0.25, -0.2) is 2.74 Å². The minimum Gasteiger partial charge on any atom is -1.00 e. The second kappa shape index (κ2) is 28.8. The first-order chi connectivity index (χ1) is 1.73. The Morgan fingerprint density at radius 2 is 2.00 bits per heavy atom. The predicted molar refractivity (Wildman–Crippen MR) is 16.8 cm³/mol. The zero-order chi connectivity index (χ0) is 3.58. The molecule has 0 saturated carbocycles. The summed E-state index contributed by atoms with van der Waals surface area (Å²) in [5, 5.41) is 0. The molecule has 2 heteroatoms. The van der Waals surface area contributed by atoms with Crippen molar-refractivity contribution in [3.8, 4) is 0 Å². The molecule has 0 heterocycles. The summed E-state index contributed by atoms with van der Waals surface area (Å²) >= 11 is 0. The summed E-state index contributed by atoms with van der Waals surface area (Å²) in [7, 11) is 0. The van der Waals surface area contributed by atoms with E-state index in [2.05, 4.69) is 0 Å². The molecule has 4 heavy (non-hydrogen) atoms. The molecule has 0 bridgehead atoms. The molecule has 0 radical (unpaired) electrons. The van der Waals surface area contributed by atoms with Gasteiger partial charge in [0.1, 0.15) is 0 Å². The fourth-order valence-electron chi connectivity index (χ4n) is 0. The van der Waals surface area contributed by atoms with Crippen LogP contribution in [0.4, 0.5) is 0 Å². The molecule has 0 aliphatic heterocycles. The third-order valence-corrected chi connectivity index (χ3v) is 0. The van der Waals surface area contributed by atoms with Crippen LogP contribution in [0.1, 0.15) is 9.67 Å². The van der Waals surface area contributed by atoms with E-state index < -0.39 is 0 Å². The number of halogens is 1. The molecule has 0 aromatic heterocycles. The van der Waals surface area contributed by atoms with Gasteiger partial charge in [0.05, 0.1) is 0 Å². The Bertz CT molecular complexity index is 16.3. The first-order valence-corrected chi connectivity index (χ1v) is 0.500. The van der Waals surface area contributed by atoms with E-state index in [-0.39, 0.29) is 46.9 Å². The van der Waals surface area contributed by atoms with E-state index >= 15 is 0 Å². The predicted octanol–water partition coefficient (Wildman–Crippen LogP) is -2.54. The molecule has 0 rings (SSSR count). The maximum Gasteiger partial charge on any atom is 2.00 e. The van der Waals surface area contributed by atoms with Gasteiger partial charge in [-0.1, -0.05) is 0 Å². The fourth-order valence-corrected chi connectivity index (χ4v) is 0. The number of hydrogen-bond acceptors (Lipinski definition) is 0. The summed E-state index contributed by atoms with van der Waals surface area (Å²) in [4.78, 5) is 0. The van der Waals surface area contributed by atoms with Crippen LogP contribution in [-0.4, -0.2) is 23.1 Å².